The van der Waals surface area contributed by atoms with Crippen molar-refractivity contribution in [1.82, 2.24) is 0 Å². The van der Waals surface area contributed by atoms with Gasteiger partial charge in [0.15, 0.2) is 0 Å². The fraction of sp³-hybridized carbons (Fsp3) is 0.389. The maximum atomic E-state index is 11.9. The number of rotatable bonds is 5. The van der Waals surface area contributed by atoms with Gasteiger partial charge in [-0.3, -0.25) is 5.32 Å². The van der Waals surface area contributed by atoms with Crippen molar-refractivity contribution >= 4 is 17.5 Å². The predicted octanol–water partition coefficient (Wildman–Crippen LogP) is 4.67. The maximum absolute atomic E-state index is 11.9. The summed E-state index contributed by atoms with van der Waals surface area (Å²) in [5.74, 6) is 0.919. The van der Waals surface area contributed by atoms with Crippen molar-refractivity contribution in [3.63, 3.8) is 0 Å². The Kier molecular flexibility index (Phi) is 5.32. The number of ether oxygens (including phenoxy) is 1. The summed E-state index contributed by atoms with van der Waals surface area (Å²) in [5, 5.41) is 6.17. The Hall–Kier alpha value is -2.43. The Morgan fingerprint density at radius 2 is 1.87 bits per heavy atom. The monoisotopic (exact) mass is 316 g/mol. The molecule has 0 bridgehead atoms. The summed E-state index contributed by atoms with van der Waals surface area (Å²) >= 11 is 0. The molecular formula is C18H24N2O3. The van der Waals surface area contributed by atoms with Crippen LogP contribution in [0.5, 0.6) is 0 Å². The minimum absolute atomic E-state index is 0.155. The van der Waals surface area contributed by atoms with Gasteiger partial charge in [0.2, 0.25) is 0 Å². The molecule has 1 aromatic heterocycles. The number of carbonyl (C=O) groups is 1. The highest BCUT2D eigenvalue weighted by Crippen LogP contribution is 2.23. The second kappa shape index (κ2) is 7.22. The number of nitrogens with one attached hydrogen (secondary N) is 2. The second-order valence-corrected chi connectivity index (χ2v) is 6.50. The number of anilines is 2. The summed E-state index contributed by atoms with van der Waals surface area (Å²) in [4.78, 5) is 11.9. The standard InChI is InChI=1S/C18H24N2O3/c1-13(12-14-8-7-11-22-14)19-15-9-5-6-10-16(15)20-17(21)23-18(2,3)4/h5-11,13,19H,12H2,1-4H3,(H,20,21). The number of para-hydroxylation sites is 2. The van der Waals surface area contributed by atoms with E-state index in [1.165, 1.54) is 0 Å². The molecule has 0 aliphatic carbocycles. The third-order valence-corrected chi connectivity index (χ3v) is 3.05. The van der Waals surface area contributed by atoms with Gasteiger partial charge in [0, 0.05) is 12.5 Å². The van der Waals surface area contributed by atoms with Gasteiger partial charge in [-0.2, -0.15) is 0 Å². The summed E-state index contributed by atoms with van der Waals surface area (Å²) < 4.78 is 10.7. The van der Waals surface area contributed by atoms with Gasteiger partial charge in [-0.25, -0.2) is 4.79 Å². The molecule has 0 saturated heterocycles. The van der Waals surface area contributed by atoms with E-state index in [9.17, 15) is 4.79 Å². The number of hydrogen-bond acceptors (Lipinski definition) is 4. The van der Waals surface area contributed by atoms with E-state index >= 15 is 0 Å². The molecule has 2 aromatic rings. The van der Waals surface area contributed by atoms with E-state index in [4.69, 9.17) is 9.15 Å². The largest absolute Gasteiger partial charge is 0.469 e. The van der Waals surface area contributed by atoms with Gasteiger partial charge in [0.05, 0.1) is 17.6 Å². The van der Waals surface area contributed by atoms with Crippen molar-refractivity contribution < 1.29 is 13.9 Å². The molecule has 2 rings (SSSR count). The van der Waals surface area contributed by atoms with Crippen LogP contribution >= 0.6 is 0 Å². The molecule has 1 amide bonds. The van der Waals surface area contributed by atoms with Crippen LogP contribution in [-0.4, -0.2) is 17.7 Å². The van der Waals surface area contributed by atoms with Crippen molar-refractivity contribution in [2.24, 2.45) is 0 Å². The third kappa shape index (κ3) is 5.70. The molecule has 1 heterocycles. The Morgan fingerprint density at radius 3 is 2.48 bits per heavy atom. The zero-order valence-corrected chi connectivity index (χ0v) is 14.1. The van der Waals surface area contributed by atoms with Crippen LogP contribution in [0.15, 0.2) is 47.1 Å². The molecule has 5 nitrogen and oxygen atoms in total. The topological polar surface area (TPSA) is 63.5 Å². The number of carbonyl (C=O) groups excluding carboxylic acids is 1. The summed E-state index contributed by atoms with van der Waals surface area (Å²) in [6.45, 7) is 7.57. The summed E-state index contributed by atoms with van der Waals surface area (Å²) in [6, 6.07) is 11.5. The summed E-state index contributed by atoms with van der Waals surface area (Å²) in [6.07, 6.45) is 1.96. The fourth-order valence-corrected chi connectivity index (χ4v) is 2.18. The first-order valence-electron chi connectivity index (χ1n) is 7.71. The van der Waals surface area contributed by atoms with Crippen LogP contribution < -0.4 is 10.6 Å². The molecule has 23 heavy (non-hydrogen) atoms. The minimum Gasteiger partial charge on any atom is -0.469 e. The zero-order valence-electron chi connectivity index (χ0n) is 14.1. The van der Waals surface area contributed by atoms with Crippen LogP contribution in [-0.2, 0) is 11.2 Å². The SMILES string of the molecule is CC(Cc1ccco1)Nc1ccccc1NC(=O)OC(C)(C)C. The normalized spacial score (nSPS) is 12.5. The predicted molar refractivity (Wildman–Crippen MR) is 91.8 cm³/mol. The number of amides is 1. The lowest BCUT2D eigenvalue weighted by molar-refractivity contribution is 0.0636. The highest BCUT2D eigenvalue weighted by atomic mass is 16.6. The summed E-state index contributed by atoms with van der Waals surface area (Å²) in [5.41, 5.74) is 1.00. The molecule has 0 saturated carbocycles. The lowest BCUT2D eigenvalue weighted by Crippen LogP contribution is -2.28. The van der Waals surface area contributed by atoms with E-state index in [-0.39, 0.29) is 6.04 Å². The van der Waals surface area contributed by atoms with Crippen molar-refractivity contribution in [1.29, 1.82) is 0 Å². The second-order valence-electron chi connectivity index (χ2n) is 6.50. The lowest BCUT2D eigenvalue weighted by atomic mass is 10.1. The minimum atomic E-state index is -0.529. The van der Waals surface area contributed by atoms with Gasteiger partial charge in [-0.15, -0.1) is 0 Å². The van der Waals surface area contributed by atoms with E-state index < -0.39 is 11.7 Å². The van der Waals surface area contributed by atoms with Gasteiger partial charge in [-0.1, -0.05) is 12.1 Å². The molecule has 0 aliphatic rings. The first-order valence-corrected chi connectivity index (χ1v) is 7.71. The highest BCUT2D eigenvalue weighted by Gasteiger charge is 2.17. The van der Waals surface area contributed by atoms with Crippen LogP contribution in [0.3, 0.4) is 0 Å². The number of benzene rings is 1. The van der Waals surface area contributed by atoms with Gasteiger partial charge >= 0.3 is 6.09 Å². The van der Waals surface area contributed by atoms with Crippen LogP contribution in [0.4, 0.5) is 16.2 Å². The smallest absolute Gasteiger partial charge is 0.412 e. The lowest BCUT2D eigenvalue weighted by Gasteiger charge is -2.21. The first kappa shape index (κ1) is 16.9. The molecule has 0 fully saturated rings. The maximum Gasteiger partial charge on any atom is 0.412 e. The summed E-state index contributed by atoms with van der Waals surface area (Å²) in [7, 11) is 0. The van der Waals surface area contributed by atoms with Crippen LogP contribution in [0, 0.1) is 0 Å². The molecule has 1 aromatic carbocycles. The molecule has 0 spiro atoms. The van der Waals surface area contributed by atoms with E-state index in [2.05, 4.69) is 17.6 Å². The van der Waals surface area contributed by atoms with E-state index in [0.29, 0.717) is 5.69 Å². The molecule has 124 valence electrons. The van der Waals surface area contributed by atoms with E-state index in [0.717, 1.165) is 17.9 Å². The average Bonchev–Trinajstić information content (AvgIpc) is 2.91. The Labute approximate surface area is 137 Å². The molecule has 1 unspecified atom stereocenters. The molecule has 1 atom stereocenters. The molecule has 2 N–H and O–H groups in total. The average molecular weight is 316 g/mol. The van der Waals surface area contributed by atoms with Gasteiger partial charge in [-0.05, 0) is 52.0 Å². The Morgan fingerprint density at radius 1 is 1.17 bits per heavy atom. The van der Waals surface area contributed by atoms with Crippen LogP contribution in [0.1, 0.15) is 33.5 Å². The quantitative estimate of drug-likeness (QED) is 0.841. The Bertz CT molecular complexity index is 630. The fourth-order valence-electron chi connectivity index (χ4n) is 2.18. The van der Waals surface area contributed by atoms with Gasteiger partial charge in [0.1, 0.15) is 11.4 Å². The van der Waals surface area contributed by atoms with Crippen LogP contribution in [0.25, 0.3) is 0 Å². The van der Waals surface area contributed by atoms with Crippen molar-refractivity contribution in [3.8, 4) is 0 Å². The highest BCUT2D eigenvalue weighted by molar-refractivity contribution is 5.89. The van der Waals surface area contributed by atoms with E-state index in [1.807, 2.05) is 57.2 Å². The zero-order chi connectivity index (χ0) is 16.9. The molecule has 0 aliphatic heterocycles. The van der Waals surface area contributed by atoms with Crippen molar-refractivity contribution in [2.75, 3.05) is 10.6 Å². The third-order valence-electron chi connectivity index (χ3n) is 3.05. The molecule has 0 radical (unpaired) electrons. The molecule has 5 heteroatoms. The van der Waals surface area contributed by atoms with Gasteiger partial charge < -0.3 is 14.5 Å². The van der Waals surface area contributed by atoms with E-state index in [1.54, 1.807) is 6.26 Å². The molecular weight excluding hydrogens is 292 g/mol. The number of furan rings is 1. The van der Waals surface area contributed by atoms with Crippen LogP contribution in [0.2, 0.25) is 0 Å². The number of hydrogen-bond donors (Lipinski definition) is 2. The first-order chi connectivity index (χ1) is 10.8. The van der Waals surface area contributed by atoms with Crippen molar-refractivity contribution in [3.05, 3.63) is 48.4 Å². The Balaban J connectivity index is 2.01. The van der Waals surface area contributed by atoms with Crippen molar-refractivity contribution in [2.45, 2.75) is 45.8 Å². The van der Waals surface area contributed by atoms with Gasteiger partial charge in [0.25, 0.3) is 0 Å².